The minimum atomic E-state index is -4.82. The first kappa shape index (κ1) is 10.1. The van der Waals surface area contributed by atoms with E-state index in [0.717, 1.165) is 0 Å². The number of nitrogens with two attached hydrogens (primary N) is 1. The zero-order chi connectivity index (χ0) is 10.1. The maximum absolute atomic E-state index is 10.8. The molecule has 0 aliphatic carbocycles. The summed E-state index contributed by atoms with van der Waals surface area (Å²) in [5.74, 6) is -0.621. The summed E-state index contributed by atoms with van der Waals surface area (Å²) in [6, 6.07) is 5.00. The molecule has 0 saturated heterocycles. The van der Waals surface area contributed by atoms with Crippen molar-refractivity contribution < 1.29 is 16.7 Å². The van der Waals surface area contributed by atoms with Crippen molar-refractivity contribution in [3.05, 3.63) is 29.8 Å². The van der Waals surface area contributed by atoms with Gasteiger partial charge in [0.1, 0.15) is 0 Å². The molecule has 5 nitrogen and oxygen atoms in total. The summed E-state index contributed by atoms with van der Waals surface area (Å²) >= 11 is -4.82. The molecule has 0 atom stereocenters. The number of carbonyl (C=O) groups excluding carboxylic acids is 1. The number of hydrogen-bond acceptors (Lipinski definition) is 2. The Morgan fingerprint density at radius 3 is 2.00 bits per heavy atom. The average molecular weight is 245 g/mol. The first-order valence-corrected chi connectivity index (χ1v) is 6.75. The van der Waals surface area contributed by atoms with Gasteiger partial charge in [0.15, 0.2) is 0 Å². The molecule has 1 aromatic carbocycles. The van der Waals surface area contributed by atoms with E-state index in [1.54, 1.807) is 0 Å². The molecular formula is C7H8AsNO4. The monoisotopic (exact) mass is 245 g/mol. The Bertz CT molecular complexity index is 367. The van der Waals surface area contributed by atoms with Gasteiger partial charge in [-0.05, 0) is 0 Å². The molecule has 13 heavy (non-hydrogen) atoms. The Balaban J connectivity index is 3.08. The van der Waals surface area contributed by atoms with E-state index in [1.165, 1.54) is 24.3 Å². The van der Waals surface area contributed by atoms with Gasteiger partial charge in [0.2, 0.25) is 0 Å². The van der Waals surface area contributed by atoms with Crippen molar-refractivity contribution in [2.24, 2.45) is 5.73 Å². The first-order chi connectivity index (χ1) is 5.91. The molecule has 0 aliphatic heterocycles. The summed E-state index contributed by atoms with van der Waals surface area (Å²) in [7, 11) is 0. The summed E-state index contributed by atoms with van der Waals surface area (Å²) in [6.07, 6.45) is 0. The van der Waals surface area contributed by atoms with Crippen LogP contribution in [0.15, 0.2) is 24.3 Å². The molecule has 0 saturated carbocycles. The quantitative estimate of drug-likeness (QED) is 0.543. The van der Waals surface area contributed by atoms with Crippen LogP contribution in [0.2, 0.25) is 0 Å². The topological polar surface area (TPSA) is 101 Å². The summed E-state index contributed by atoms with van der Waals surface area (Å²) in [4.78, 5) is 10.6. The normalized spacial score (nSPS) is 11.2. The van der Waals surface area contributed by atoms with Gasteiger partial charge >= 0.3 is 76.7 Å². The number of amides is 1. The van der Waals surface area contributed by atoms with Crippen molar-refractivity contribution in [2.75, 3.05) is 0 Å². The second-order valence-corrected chi connectivity index (χ2v) is 5.82. The van der Waals surface area contributed by atoms with Crippen LogP contribution < -0.4 is 10.1 Å². The third-order valence-electron chi connectivity index (χ3n) is 1.49. The van der Waals surface area contributed by atoms with Crippen LogP contribution in [-0.4, -0.2) is 28.3 Å². The molecule has 0 unspecified atom stereocenters. The van der Waals surface area contributed by atoms with Gasteiger partial charge in [0.25, 0.3) is 0 Å². The molecule has 0 bridgehead atoms. The van der Waals surface area contributed by atoms with Gasteiger partial charge in [-0.2, -0.15) is 0 Å². The van der Waals surface area contributed by atoms with Crippen molar-refractivity contribution in [2.45, 2.75) is 0 Å². The van der Waals surface area contributed by atoms with Crippen molar-refractivity contribution in [3.63, 3.8) is 0 Å². The average Bonchev–Trinajstić information content (AvgIpc) is 2.03. The van der Waals surface area contributed by atoms with E-state index >= 15 is 0 Å². The Morgan fingerprint density at radius 2 is 1.69 bits per heavy atom. The molecule has 0 aromatic heterocycles. The van der Waals surface area contributed by atoms with Crippen molar-refractivity contribution >= 4 is 24.4 Å². The Hall–Kier alpha value is -1.03. The van der Waals surface area contributed by atoms with Crippen LogP contribution in [0.25, 0.3) is 0 Å². The maximum atomic E-state index is 10.8. The number of hydrogen-bond donors (Lipinski definition) is 3. The van der Waals surface area contributed by atoms with Crippen LogP contribution in [0.4, 0.5) is 0 Å². The van der Waals surface area contributed by atoms with Gasteiger partial charge in [-0.25, -0.2) is 0 Å². The van der Waals surface area contributed by atoms with Gasteiger partial charge in [-0.1, -0.05) is 0 Å². The minimum absolute atomic E-state index is 0.0666. The van der Waals surface area contributed by atoms with E-state index in [2.05, 4.69) is 0 Å². The van der Waals surface area contributed by atoms with E-state index in [1.807, 2.05) is 0 Å². The Kier molecular flexibility index (Phi) is 2.61. The number of carbonyl (C=O) groups is 1. The molecule has 1 aromatic rings. The third kappa shape index (κ3) is 2.45. The first-order valence-electron chi connectivity index (χ1n) is 3.37. The van der Waals surface area contributed by atoms with Crippen LogP contribution in [-0.2, 0) is 3.74 Å². The zero-order valence-electron chi connectivity index (χ0n) is 6.54. The Labute approximate surface area is 77.2 Å². The fourth-order valence-corrected chi connectivity index (χ4v) is 1.95. The summed E-state index contributed by atoms with van der Waals surface area (Å²) in [5, 5.41) is 0. The third-order valence-corrected chi connectivity index (χ3v) is 3.53. The Morgan fingerprint density at radius 1 is 1.23 bits per heavy atom. The van der Waals surface area contributed by atoms with E-state index in [4.69, 9.17) is 13.9 Å². The molecule has 0 radical (unpaired) electrons. The fourth-order valence-electron chi connectivity index (χ4n) is 0.820. The molecule has 6 heteroatoms. The standard InChI is InChI=1S/C7H8AsNO4/c9-7(10)5-1-3-6(4-2-5)8(11,12)13/h1-4H,(H2,9,10)(H2,11,12,13). The summed E-state index contributed by atoms with van der Waals surface area (Å²) in [5.41, 5.74) is 5.17. The molecule has 1 amide bonds. The van der Waals surface area contributed by atoms with Crippen LogP contribution in [0.3, 0.4) is 0 Å². The molecule has 1 rings (SSSR count). The van der Waals surface area contributed by atoms with Gasteiger partial charge < -0.3 is 0 Å². The van der Waals surface area contributed by atoms with E-state index in [-0.39, 0.29) is 9.91 Å². The summed E-state index contributed by atoms with van der Waals surface area (Å²) in [6.45, 7) is 0. The number of benzene rings is 1. The molecule has 0 fully saturated rings. The van der Waals surface area contributed by atoms with Crippen LogP contribution in [0.1, 0.15) is 10.4 Å². The summed E-state index contributed by atoms with van der Waals surface area (Å²) < 4.78 is 28.2. The SMILES string of the molecule is NC(=O)c1ccc([As](=O)(O)O)cc1. The van der Waals surface area contributed by atoms with Crippen molar-refractivity contribution in [1.82, 2.24) is 0 Å². The van der Waals surface area contributed by atoms with E-state index < -0.39 is 20.1 Å². The molecule has 70 valence electrons. The molecule has 4 N–H and O–H groups in total. The second-order valence-electron chi connectivity index (χ2n) is 2.46. The predicted molar refractivity (Wildman–Crippen MR) is 45.5 cm³/mol. The second kappa shape index (κ2) is 3.38. The fraction of sp³-hybridized carbons (Fsp3) is 0. The predicted octanol–water partition coefficient (Wildman–Crippen LogP) is -1.65. The number of primary amides is 1. The van der Waals surface area contributed by atoms with Crippen molar-refractivity contribution in [1.29, 1.82) is 0 Å². The van der Waals surface area contributed by atoms with Gasteiger partial charge in [-0.15, -0.1) is 0 Å². The van der Waals surface area contributed by atoms with Gasteiger partial charge in [-0.3, -0.25) is 0 Å². The van der Waals surface area contributed by atoms with Crippen LogP contribution in [0, 0.1) is 0 Å². The van der Waals surface area contributed by atoms with Crippen LogP contribution >= 0.6 is 0 Å². The van der Waals surface area contributed by atoms with Crippen LogP contribution in [0.5, 0.6) is 0 Å². The van der Waals surface area contributed by atoms with E-state index in [0.29, 0.717) is 0 Å². The van der Waals surface area contributed by atoms with Gasteiger partial charge in [0, 0.05) is 0 Å². The molecule has 0 spiro atoms. The molecular weight excluding hydrogens is 237 g/mol. The zero-order valence-corrected chi connectivity index (χ0v) is 8.42. The van der Waals surface area contributed by atoms with Gasteiger partial charge in [0.05, 0.1) is 0 Å². The molecule has 0 aliphatic rings. The van der Waals surface area contributed by atoms with Crippen molar-refractivity contribution in [3.8, 4) is 0 Å². The molecule has 0 heterocycles. The number of rotatable bonds is 2. The van der Waals surface area contributed by atoms with E-state index in [9.17, 15) is 8.53 Å².